The predicted octanol–water partition coefficient (Wildman–Crippen LogP) is 1.26. The molecule has 0 aliphatic carbocycles. The number of hydrogen-bond acceptors (Lipinski definition) is 4. The molecule has 0 spiro atoms. The van der Waals surface area contributed by atoms with Crippen molar-refractivity contribution >= 4 is 15.7 Å². The molecule has 1 aromatic carbocycles. The molecule has 0 fully saturated rings. The van der Waals surface area contributed by atoms with Crippen molar-refractivity contribution in [2.75, 3.05) is 11.9 Å². The molecule has 21 heavy (non-hydrogen) atoms. The van der Waals surface area contributed by atoms with Crippen LogP contribution in [-0.2, 0) is 30.0 Å². The lowest BCUT2D eigenvalue weighted by Crippen LogP contribution is -2.25. The van der Waals surface area contributed by atoms with E-state index in [2.05, 4.69) is 15.1 Å². The molecule has 3 rings (SSSR count). The smallest absolute Gasteiger partial charge is 0.240 e. The summed E-state index contributed by atoms with van der Waals surface area (Å²) in [5, 5.41) is 7.27. The molecular weight excluding hydrogens is 288 g/mol. The monoisotopic (exact) mass is 306 g/mol. The summed E-state index contributed by atoms with van der Waals surface area (Å²) in [7, 11) is -1.73. The van der Waals surface area contributed by atoms with Crippen LogP contribution in [0.4, 0.5) is 5.69 Å². The van der Waals surface area contributed by atoms with Crippen LogP contribution in [0.2, 0.25) is 0 Å². The molecule has 0 atom stereocenters. The van der Waals surface area contributed by atoms with Crippen molar-refractivity contribution in [3.8, 4) is 0 Å². The van der Waals surface area contributed by atoms with Gasteiger partial charge in [-0.2, -0.15) is 5.10 Å². The van der Waals surface area contributed by atoms with Crippen LogP contribution in [-0.4, -0.2) is 24.7 Å². The lowest BCUT2D eigenvalue weighted by atomic mass is 10.0. The molecule has 1 aromatic heterocycles. The Balaban J connectivity index is 1.80. The average molecular weight is 306 g/mol. The lowest BCUT2D eigenvalue weighted by molar-refractivity contribution is 0.577. The van der Waals surface area contributed by atoms with E-state index in [4.69, 9.17) is 0 Å². The zero-order chi connectivity index (χ0) is 14.9. The van der Waals surface area contributed by atoms with Gasteiger partial charge in [-0.15, -0.1) is 0 Å². The topological polar surface area (TPSA) is 76.0 Å². The van der Waals surface area contributed by atoms with Gasteiger partial charge in [0, 0.05) is 25.5 Å². The number of anilines is 1. The van der Waals surface area contributed by atoms with E-state index in [0.29, 0.717) is 0 Å². The van der Waals surface area contributed by atoms with Gasteiger partial charge in [0.05, 0.1) is 17.1 Å². The second-order valence-electron chi connectivity index (χ2n) is 5.12. The number of fused-ring (bicyclic) bond motifs is 1. The molecule has 2 N–H and O–H groups in total. The predicted molar refractivity (Wildman–Crippen MR) is 80.5 cm³/mol. The van der Waals surface area contributed by atoms with Gasteiger partial charge in [0.15, 0.2) is 0 Å². The standard InChI is InChI=1S/C14H18N4O2S/c1-18-12(6-8-16-18)10-17-21(19,20)13-5-4-11-3-2-7-15-14(11)9-13/h4-6,8-9,15,17H,2-3,7,10H2,1H3. The van der Waals surface area contributed by atoms with Gasteiger partial charge < -0.3 is 5.32 Å². The summed E-state index contributed by atoms with van der Waals surface area (Å²) in [5.41, 5.74) is 2.91. The maximum Gasteiger partial charge on any atom is 0.240 e. The van der Waals surface area contributed by atoms with Crippen LogP contribution in [0.5, 0.6) is 0 Å². The molecule has 0 bridgehead atoms. The first-order valence-corrected chi connectivity index (χ1v) is 8.38. The van der Waals surface area contributed by atoms with Crippen LogP contribution in [0.1, 0.15) is 17.7 Å². The van der Waals surface area contributed by atoms with Crippen LogP contribution in [0.25, 0.3) is 0 Å². The summed E-state index contributed by atoms with van der Waals surface area (Å²) in [6.07, 6.45) is 3.72. The molecule has 1 aliphatic rings. The number of nitrogens with zero attached hydrogens (tertiary/aromatic N) is 2. The number of aryl methyl sites for hydroxylation is 2. The van der Waals surface area contributed by atoms with Crippen LogP contribution in [0.3, 0.4) is 0 Å². The summed E-state index contributed by atoms with van der Waals surface area (Å²) in [6.45, 7) is 1.11. The molecule has 0 saturated heterocycles. The third-order valence-electron chi connectivity index (χ3n) is 3.70. The molecule has 2 aromatic rings. The van der Waals surface area contributed by atoms with Gasteiger partial charge in [-0.25, -0.2) is 13.1 Å². The van der Waals surface area contributed by atoms with Gasteiger partial charge in [-0.3, -0.25) is 4.68 Å². The minimum Gasteiger partial charge on any atom is -0.385 e. The Hall–Kier alpha value is -1.86. The fourth-order valence-corrected chi connectivity index (χ4v) is 3.46. The fraction of sp³-hybridized carbons (Fsp3) is 0.357. The van der Waals surface area contributed by atoms with Crippen molar-refractivity contribution in [2.24, 2.45) is 7.05 Å². The summed E-state index contributed by atoms with van der Waals surface area (Å²) >= 11 is 0. The number of rotatable bonds is 4. The van der Waals surface area contributed by atoms with Crippen molar-refractivity contribution in [3.63, 3.8) is 0 Å². The Morgan fingerprint density at radius 2 is 2.24 bits per heavy atom. The van der Waals surface area contributed by atoms with Gasteiger partial charge >= 0.3 is 0 Å². The first kappa shape index (κ1) is 14.1. The molecule has 2 heterocycles. The van der Waals surface area contributed by atoms with Crippen LogP contribution in [0.15, 0.2) is 35.4 Å². The van der Waals surface area contributed by atoms with E-state index in [1.54, 1.807) is 36.1 Å². The second-order valence-corrected chi connectivity index (χ2v) is 6.89. The Labute approximate surface area is 124 Å². The third-order valence-corrected chi connectivity index (χ3v) is 5.09. The molecule has 0 amide bonds. The van der Waals surface area contributed by atoms with Crippen molar-refractivity contribution in [1.29, 1.82) is 0 Å². The highest BCUT2D eigenvalue weighted by atomic mass is 32.2. The van der Waals surface area contributed by atoms with E-state index in [1.807, 2.05) is 6.07 Å². The van der Waals surface area contributed by atoms with Crippen LogP contribution in [0, 0.1) is 0 Å². The highest BCUT2D eigenvalue weighted by Gasteiger charge is 2.17. The van der Waals surface area contributed by atoms with Gasteiger partial charge in [-0.1, -0.05) is 6.07 Å². The zero-order valence-corrected chi connectivity index (χ0v) is 12.7. The molecule has 7 heteroatoms. The van der Waals surface area contributed by atoms with Gasteiger partial charge in [0.25, 0.3) is 0 Å². The first-order chi connectivity index (χ1) is 10.1. The van der Waals surface area contributed by atoms with Crippen molar-refractivity contribution in [2.45, 2.75) is 24.3 Å². The molecular formula is C14H18N4O2S. The minimum atomic E-state index is -3.52. The normalized spacial score (nSPS) is 14.5. The van der Waals surface area contributed by atoms with Crippen molar-refractivity contribution in [1.82, 2.24) is 14.5 Å². The maximum absolute atomic E-state index is 12.4. The Morgan fingerprint density at radius 1 is 1.38 bits per heavy atom. The van der Waals surface area contributed by atoms with Crippen molar-refractivity contribution in [3.05, 3.63) is 41.7 Å². The highest BCUT2D eigenvalue weighted by Crippen LogP contribution is 2.25. The molecule has 1 aliphatic heterocycles. The summed E-state index contributed by atoms with van der Waals surface area (Å²) in [5.74, 6) is 0. The number of hydrogen-bond donors (Lipinski definition) is 2. The van der Waals surface area contributed by atoms with E-state index >= 15 is 0 Å². The molecule has 0 radical (unpaired) electrons. The zero-order valence-electron chi connectivity index (χ0n) is 11.8. The highest BCUT2D eigenvalue weighted by molar-refractivity contribution is 7.89. The molecule has 0 saturated carbocycles. The fourth-order valence-electron chi connectivity index (χ4n) is 2.43. The van der Waals surface area contributed by atoms with Crippen LogP contribution < -0.4 is 10.0 Å². The SMILES string of the molecule is Cn1nccc1CNS(=O)(=O)c1ccc2c(c1)NCCC2. The maximum atomic E-state index is 12.4. The molecule has 0 unspecified atom stereocenters. The number of aromatic nitrogens is 2. The molecule has 112 valence electrons. The van der Waals surface area contributed by atoms with E-state index in [-0.39, 0.29) is 11.4 Å². The van der Waals surface area contributed by atoms with E-state index in [0.717, 1.165) is 30.8 Å². The number of sulfonamides is 1. The van der Waals surface area contributed by atoms with E-state index in [9.17, 15) is 8.42 Å². The second kappa shape index (κ2) is 5.50. The van der Waals surface area contributed by atoms with Gasteiger partial charge in [0.1, 0.15) is 0 Å². The largest absolute Gasteiger partial charge is 0.385 e. The Kier molecular flexibility index (Phi) is 3.69. The summed E-state index contributed by atoms with van der Waals surface area (Å²) in [6, 6.07) is 7.05. The minimum absolute atomic E-state index is 0.226. The quantitative estimate of drug-likeness (QED) is 0.891. The number of nitrogens with one attached hydrogen (secondary N) is 2. The Bertz CT molecular complexity index is 752. The summed E-state index contributed by atoms with van der Waals surface area (Å²) in [4.78, 5) is 0.290. The van der Waals surface area contributed by atoms with Crippen molar-refractivity contribution < 1.29 is 8.42 Å². The summed E-state index contributed by atoms with van der Waals surface area (Å²) < 4.78 is 29.0. The van der Waals surface area contributed by atoms with Gasteiger partial charge in [0.2, 0.25) is 10.0 Å². The number of benzene rings is 1. The first-order valence-electron chi connectivity index (χ1n) is 6.89. The van der Waals surface area contributed by atoms with E-state index < -0.39 is 10.0 Å². The van der Waals surface area contributed by atoms with Crippen LogP contribution >= 0.6 is 0 Å². The molecule has 6 nitrogen and oxygen atoms in total. The average Bonchev–Trinajstić information content (AvgIpc) is 2.90. The Morgan fingerprint density at radius 3 is 3.00 bits per heavy atom. The lowest BCUT2D eigenvalue weighted by Gasteiger charge is -2.18. The third kappa shape index (κ3) is 2.93. The van der Waals surface area contributed by atoms with E-state index in [1.165, 1.54) is 5.56 Å². The van der Waals surface area contributed by atoms with Gasteiger partial charge in [-0.05, 0) is 36.6 Å².